The van der Waals surface area contributed by atoms with E-state index in [9.17, 15) is 17.2 Å². The standard InChI is InChI=1S/C12H19F2N3O2S/c1-8(2)15-7-9-10(13)5-6-11(12(9)14)20(18,19)16-17(3)4/h5-6,8,15-16H,7H2,1-4H3. The van der Waals surface area contributed by atoms with Crippen LogP contribution in [0.2, 0.25) is 0 Å². The van der Waals surface area contributed by atoms with E-state index < -0.39 is 26.6 Å². The summed E-state index contributed by atoms with van der Waals surface area (Å²) in [5.41, 5.74) is -0.291. The molecule has 5 nitrogen and oxygen atoms in total. The Morgan fingerprint density at radius 2 is 1.85 bits per heavy atom. The molecule has 0 bridgehead atoms. The van der Waals surface area contributed by atoms with E-state index in [-0.39, 0.29) is 18.2 Å². The molecule has 114 valence electrons. The fraction of sp³-hybridized carbons (Fsp3) is 0.500. The normalized spacial score (nSPS) is 12.4. The van der Waals surface area contributed by atoms with Crippen LogP contribution < -0.4 is 10.1 Å². The van der Waals surface area contributed by atoms with Crippen molar-refractivity contribution < 1.29 is 17.2 Å². The van der Waals surface area contributed by atoms with E-state index in [0.29, 0.717) is 0 Å². The minimum Gasteiger partial charge on any atom is -0.310 e. The quantitative estimate of drug-likeness (QED) is 0.776. The Labute approximate surface area is 118 Å². The van der Waals surface area contributed by atoms with Crippen molar-refractivity contribution in [1.29, 1.82) is 0 Å². The minimum atomic E-state index is -4.06. The highest BCUT2D eigenvalue weighted by molar-refractivity contribution is 7.89. The number of hydrogen-bond donors (Lipinski definition) is 2. The Kier molecular flexibility index (Phi) is 5.58. The van der Waals surface area contributed by atoms with Gasteiger partial charge in [0.05, 0.1) is 0 Å². The number of sulfonamides is 1. The molecular weight excluding hydrogens is 288 g/mol. The first kappa shape index (κ1) is 17.0. The number of nitrogens with zero attached hydrogens (tertiary/aromatic N) is 1. The molecule has 0 spiro atoms. The molecule has 0 amide bonds. The van der Waals surface area contributed by atoms with E-state index in [2.05, 4.69) is 10.1 Å². The smallest absolute Gasteiger partial charge is 0.256 e. The maximum Gasteiger partial charge on any atom is 0.256 e. The van der Waals surface area contributed by atoms with Crippen molar-refractivity contribution in [3.63, 3.8) is 0 Å². The molecule has 20 heavy (non-hydrogen) atoms. The Bertz CT molecular complexity index is 574. The molecule has 0 aliphatic rings. The van der Waals surface area contributed by atoms with Gasteiger partial charge in [-0.25, -0.2) is 22.2 Å². The highest BCUT2D eigenvalue weighted by Crippen LogP contribution is 2.21. The van der Waals surface area contributed by atoms with E-state index in [4.69, 9.17) is 0 Å². The lowest BCUT2D eigenvalue weighted by Crippen LogP contribution is -2.36. The van der Waals surface area contributed by atoms with E-state index >= 15 is 0 Å². The molecule has 0 atom stereocenters. The number of rotatable bonds is 6. The van der Waals surface area contributed by atoms with Gasteiger partial charge in [0.15, 0.2) is 5.82 Å². The van der Waals surface area contributed by atoms with Gasteiger partial charge < -0.3 is 5.32 Å². The third-order valence-corrected chi connectivity index (χ3v) is 3.93. The number of hydrogen-bond acceptors (Lipinski definition) is 4. The van der Waals surface area contributed by atoms with Crippen LogP contribution in [0, 0.1) is 11.6 Å². The molecule has 8 heteroatoms. The van der Waals surface area contributed by atoms with Gasteiger partial charge in [-0.2, -0.15) is 0 Å². The molecule has 0 unspecified atom stereocenters. The molecule has 1 aromatic carbocycles. The van der Waals surface area contributed by atoms with Gasteiger partial charge in [-0.15, -0.1) is 4.83 Å². The molecular formula is C12H19F2N3O2S. The van der Waals surface area contributed by atoms with Crippen molar-refractivity contribution in [3.8, 4) is 0 Å². The van der Waals surface area contributed by atoms with Crippen LogP contribution in [-0.2, 0) is 16.6 Å². The molecule has 0 aromatic heterocycles. The van der Waals surface area contributed by atoms with Crippen LogP contribution in [0.4, 0.5) is 8.78 Å². The van der Waals surface area contributed by atoms with Gasteiger partial charge in [0.25, 0.3) is 10.0 Å². The van der Waals surface area contributed by atoms with Crippen LogP contribution in [0.3, 0.4) is 0 Å². The van der Waals surface area contributed by atoms with Crippen molar-refractivity contribution in [3.05, 3.63) is 29.3 Å². The second-order valence-electron chi connectivity index (χ2n) is 4.86. The molecule has 0 aliphatic heterocycles. The van der Waals surface area contributed by atoms with Crippen LogP contribution in [0.15, 0.2) is 17.0 Å². The van der Waals surface area contributed by atoms with Gasteiger partial charge in [0.2, 0.25) is 0 Å². The fourth-order valence-electron chi connectivity index (χ4n) is 1.54. The van der Waals surface area contributed by atoms with E-state index in [1.807, 2.05) is 13.8 Å². The van der Waals surface area contributed by atoms with Gasteiger partial charge in [0.1, 0.15) is 10.7 Å². The van der Waals surface area contributed by atoms with E-state index in [1.54, 1.807) is 0 Å². The molecule has 0 fully saturated rings. The van der Waals surface area contributed by atoms with Crippen molar-refractivity contribution in [1.82, 2.24) is 15.2 Å². The van der Waals surface area contributed by atoms with Gasteiger partial charge >= 0.3 is 0 Å². The summed E-state index contributed by atoms with van der Waals surface area (Å²) in [6.07, 6.45) is 0. The summed E-state index contributed by atoms with van der Waals surface area (Å²) < 4.78 is 51.7. The Morgan fingerprint density at radius 1 is 1.25 bits per heavy atom. The molecule has 0 heterocycles. The lowest BCUT2D eigenvalue weighted by atomic mass is 10.2. The van der Waals surface area contributed by atoms with Crippen LogP contribution in [0.5, 0.6) is 0 Å². The van der Waals surface area contributed by atoms with Crippen LogP contribution >= 0.6 is 0 Å². The van der Waals surface area contributed by atoms with Crippen LogP contribution in [-0.4, -0.2) is 33.6 Å². The molecule has 2 N–H and O–H groups in total. The number of benzene rings is 1. The van der Waals surface area contributed by atoms with Gasteiger partial charge in [-0.3, -0.25) is 0 Å². The lowest BCUT2D eigenvalue weighted by Gasteiger charge is -2.15. The third-order valence-electron chi connectivity index (χ3n) is 2.43. The summed E-state index contributed by atoms with van der Waals surface area (Å²) in [4.78, 5) is 1.53. The molecule has 0 radical (unpaired) electrons. The SMILES string of the molecule is CC(C)NCc1c(F)ccc(S(=O)(=O)NN(C)C)c1F. The van der Waals surface area contributed by atoms with Crippen molar-refractivity contribution in [2.24, 2.45) is 0 Å². The van der Waals surface area contributed by atoms with Crippen LogP contribution in [0.25, 0.3) is 0 Å². The molecule has 1 aromatic rings. The third kappa shape index (κ3) is 4.20. The second kappa shape index (κ2) is 6.57. The predicted molar refractivity (Wildman–Crippen MR) is 72.3 cm³/mol. The largest absolute Gasteiger partial charge is 0.310 e. The number of hydrazine groups is 1. The predicted octanol–water partition coefficient (Wildman–Crippen LogP) is 1.22. The average molecular weight is 307 g/mol. The van der Waals surface area contributed by atoms with Crippen molar-refractivity contribution >= 4 is 10.0 Å². The van der Waals surface area contributed by atoms with E-state index in [1.165, 1.54) is 19.1 Å². The zero-order chi connectivity index (χ0) is 15.5. The summed E-state index contributed by atoms with van der Waals surface area (Å²) in [5.74, 6) is -1.85. The summed E-state index contributed by atoms with van der Waals surface area (Å²) in [6.45, 7) is 3.56. The summed E-state index contributed by atoms with van der Waals surface area (Å²) in [7, 11) is -1.14. The highest BCUT2D eigenvalue weighted by Gasteiger charge is 2.24. The zero-order valence-corrected chi connectivity index (χ0v) is 12.7. The first-order valence-corrected chi connectivity index (χ1v) is 7.53. The Morgan fingerprint density at radius 3 is 2.35 bits per heavy atom. The average Bonchev–Trinajstić information content (AvgIpc) is 2.25. The Hall–Kier alpha value is -1.09. The van der Waals surface area contributed by atoms with Gasteiger partial charge in [0, 0.05) is 32.2 Å². The first-order valence-electron chi connectivity index (χ1n) is 6.05. The van der Waals surface area contributed by atoms with Gasteiger partial charge in [-0.05, 0) is 12.1 Å². The minimum absolute atomic E-state index is 0.0222. The summed E-state index contributed by atoms with van der Waals surface area (Å²) >= 11 is 0. The molecule has 1 rings (SSSR count). The monoisotopic (exact) mass is 307 g/mol. The lowest BCUT2D eigenvalue weighted by molar-refractivity contribution is 0.362. The summed E-state index contributed by atoms with van der Waals surface area (Å²) in [5, 5.41) is 4.03. The van der Waals surface area contributed by atoms with Crippen molar-refractivity contribution in [2.45, 2.75) is 31.3 Å². The molecule has 0 saturated carbocycles. The number of halogens is 2. The first-order chi connectivity index (χ1) is 9.15. The second-order valence-corrected chi connectivity index (χ2v) is 6.49. The van der Waals surface area contributed by atoms with Crippen molar-refractivity contribution in [2.75, 3.05) is 14.1 Å². The maximum absolute atomic E-state index is 14.2. The zero-order valence-electron chi connectivity index (χ0n) is 11.9. The topological polar surface area (TPSA) is 61.4 Å². The fourth-order valence-corrected chi connectivity index (χ4v) is 2.73. The van der Waals surface area contributed by atoms with E-state index in [0.717, 1.165) is 12.1 Å². The Balaban J connectivity index is 3.21. The molecule has 0 aliphatic carbocycles. The summed E-state index contributed by atoms with van der Waals surface area (Å²) in [6, 6.07) is 1.88. The van der Waals surface area contributed by atoms with Crippen LogP contribution in [0.1, 0.15) is 19.4 Å². The number of nitrogens with one attached hydrogen (secondary N) is 2. The maximum atomic E-state index is 14.2. The highest BCUT2D eigenvalue weighted by atomic mass is 32.2. The molecule has 0 saturated heterocycles. The van der Waals surface area contributed by atoms with Gasteiger partial charge in [-0.1, -0.05) is 13.8 Å².